The minimum Gasteiger partial charge on any atom is -0.324 e. The van der Waals surface area contributed by atoms with Gasteiger partial charge in [-0.1, -0.05) is 25.1 Å². The van der Waals surface area contributed by atoms with Crippen LogP contribution >= 0.6 is 0 Å². The highest BCUT2D eigenvalue weighted by atomic mass is 32.2. The summed E-state index contributed by atoms with van der Waals surface area (Å²) in [6, 6.07) is 12.0. The highest BCUT2D eigenvalue weighted by Crippen LogP contribution is 2.25. The fraction of sp³-hybridized carbons (Fsp3) is 0.200. The molecule has 0 heterocycles. The monoisotopic (exact) mass is 305 g/mol. The molecular formula is C15H19N3O2S. The molecule has 112 valence electrons. The van der Waals surface area contributed by atoms with E-state index in [0.29, 0.717) is 11.4 Å². The van der Waals surface area contributed by atoms with Crippen molar-refractivity contribution in [3.8, 4) is 0 Å². The van der Waals surface area contributed by atoms with Gasteiger partial charge in [0.25, 0.3) is 10.0 Å². The molecule has 2 rings (SSSR count). The molecule has 0 fully saturated rings. The van der Waals surface area contributed by atoms with Crippen molar-refractivity contribution in [1.29, 1.82) is 0 Å². The summed E-state index contributed by atoms with van der Waals surface area (Å²) in [4.78, 5) is 0.201. The summed E-state index contributed by atoms with van der Waals surface area (Å²) in [6.45, 7) is 3.88. The van der Waals surface area contributed by atoms with Crippen LogP contribution in [0.25, 0.3) is 0 Å². The first kappa shape index (κ1) is 15.3. The molecule has 0 saturated carbocycles. The molecule has 0 saturated heterocycles. The maximum atomic E-state index is 12.5. The van der Waals surface area contributed by atoms with Crippen molar-refractivity contribution >= 4 is 21.4 Å². The molecule has 21 heavy (non-hydrogen) atoms. The summed E-state index contributed by atoms with van der Waals surface area (Å²) in [7, 11) is -3.61. The average molecular weight is 305 g/mol. The van der Waals surface area contributed by atoms with Gasteiger partial charge in [-0.05, 0) is 48.7 Å². The number of benzene rings is 2. The zero-order valence-corrected chi connectivity index (χ0v) is 12.9. The number of hydrazine groups is 1. The van der Waals surface area contributed by atoms with Crippen molar-refractivity contribution in [1.82, 2.24) is 0 Å². The number of hydrogen-bond acceptors (Lipinski definition) is 4. The molecule has 0 aromatic heterocycles. The molecule has 0 unspecified atom stereocenters. The van der Waals surface area contributed by atoms with Crippen LogP contribution in [0, 0.1) is 6.92 Å². The molecule has 0 spiro atoms. The normalized spacial score (nSPS) is 11.2. The van der Waals surface area contributed by atoms with Gasteiger partial charge in [0.2, 0.25) is 0 Å². The Bertz CT molecular complexity index is 725. The molecule has 0 aliphatic heterocycles. The van der Waals surface area contributed by atoms with Crippen molar-refractivity contribution in [2.75, 3.05) is 10.1 Å². The molecule has 0 aliphatic rings. The van der Waals surface area contributed by atoms with Crippen LogP contribution in [0.3, 0.4) is 0 Å². The van der Waals surface area contributed by atoms with Gasteiger partial charge >= 0.3 is 0 Å². The number of para-hydroxylation sites is 1. The largest absolute Gasteiger partial charge is 0.324 e. The molecule has 2 aromatic rings. The van der Waals surface area contributed by atoms with Crippen molar-refractivity contribution in [3.63, 3.8) is 0 Å². The zero-order chi connectivity index (χ0) is 15.5. The Balaban J connectivity index is 2.37. The Morgan fingerprint density at radius 1 is 1.10 bits per heavy atom. The molecule has 0 radical (unpaired) electrons. The van der Waals surface area contributed by atoms with Crippen molar-refractivity contribution in [2.45, 2.75) is 25.2 Å². The highest BCUT2D eigenvalue weighted by Gasteiger charge is 2.16. The van der Waals surface area contributed by atoms with Crippen LogP contribution in [0.1, 0.15) is 18.1 Å². The second kappa shape index (κ2) is 6.15. The number of anilines is 2. The standard InChI is InChI=1S/C15H19N3O2S/c1-3-12-6-4-5-11(2)15(12)18-21(19,20)14-9-7-13(17-16)8-10-14/h4-10,17-18H,3,16H2,1-2H3. The summed E-state index contributed by atoms with van der Waals surface area (Å²) >= 11 is 0. The third-order valence-corrected chi connectivity index (χ3v) is 4.67. The summed E-state index contributed by atoms with van der Waals surface area (Å²) in [5.41, 5.74) is 5.65. The Hall–Kier alpha value is -2.05. The second-order valence-electron chi connectivity index (χ2n) is 4.74. The van der Waals surface area contributed by atoms with Gasteiger partial charge in [0, 0.05) is 5.69 Å². The lowest BCUT2D eigenvalue weighted by molar-refractivity contribution is 0.601. The van der Waals surface area contributed by atoms with Crippen molar-refractivity contribution in [2.24, 2.45) is 5.84 Å². The first-order chi connectivity index (χ1) is 9.97. The van der Waals surface area contributed by atoms with Gasteiger partial charge in [0.15, 0.2) is 0 Å². The highest BCUT2D eigenvalue weighted by molar-refractivity contribution is 7.92. The van der Waals surface area contributed by atoms with Gasteiger partial charge in [0.1, 0.15) is 0 Å². The van der Waals surface area contributed by atoms with E-state index in [1.54, 1.807) is 12.1 Å². The van der Waals surface area contributed by atoms with E-state index in [1.807, 2.05) is 32.0 Å². The van der Waals surface area contributed by atoms with Crippen molar-refractivity contribution < 1.29 is 8.42 Å². The lowest BCUT2D eigenvalue weighted by Crippen LogP contribution is -2.15. The van der Waals surface area contributed by atoms with Crippen LogP contribution in [0.4, 0.5) is 11.4 Å². The number of nitrogens with one attached hydrogen (secondary N) is 2. The lowest BCUT2D eigenvalue weighted by atomic mass is 10.1. The van der Waals surface area contributed by atoms with Crippen molar-refractivity contribution in [3.05, 3.63) is 53.6 Å². The van der Waals surface area contributed by atoms with Crippen LogP contribution in [-0.4, -0.2) is 8.42 Å². The van der Waals surface area contributed by atoms with Crippen LogP contribution in [-0.2, 0) is 16.4 Å². The van der Waals surface area contributed by atoms with E-state index >= 15 is 0 Å². The first-order valence-corrected chi connectivity index (χ1v) is 8.14. The predicted octanol–water partition coefficient (Wildman–Crippen LogP) is 2.64. The molecule has 4 N–H and O–H groups in total. The fourth-order valence-corrected chi connectivity index (χ4v) is 3.27. The quantitative estimate of drug-likeness (QED) is 0.585. The van der Waals surface area contributed by atoms with Gasteiger partial charge in [-0.3, -0.25) is 10.6 Å². The maximum absolute atomic E-state index is 12.5. The first-order valence-electron chi connectivity index (χ1n) is 6.66. The Kier molecular flexibility index (Phi) is 4.50. The molecule has 0 bridgehead atoms. The number of nitrogen functional groups attached to an aromatic ring is 1. The molecular weight excluding hydrogens is 286 g/mol. The minimum absolute atomic E-state index is 0.201. The third kappa shape index (κ3) is 3.34. The molecule has 0 amide bonds. The summed E-state index contributed by atoms with van der Waals surface area (Å²) in [5.74, 6) is 5.28. The van der Waals surface area contributed by atoms with Gasteiger partial charge in [-0.15, -0.1) is 0 Å². The van der Waals surface area contributed by atoms with Gasteiger partial charge in [-0.2, -0.15) is 0 Å². The summed E-state index contributed by atoms with van der Waals surface area (Å²) in [6.07, 6.45) is 0.759. The number of sulfonamides is 1. The van der Waals surface area contributed by atoms with E-state index in [4.69, 9.17) is 5.84 Å². The molecule has 0 aliphatic carbocycles. The topological polar surface area (TPSA) is 84.2 Å². The van der Waals surface area contributed by atoms with Crippen LogP contribution in [0.5, 0.6) is 0 Å². The molecule has 5 nitrogen and oxygen atoms in total. The average Bonchev–Trinajstić information content (AvgIpc) is 2.49. The molecule has 0 atom stereocenters. The van der Waals surface area contributed by atoms with E-state index in [9.17, 15) is 8.42 Å². The third-order valence-electron chi connectivity index (χ3n) is 3.31. The van der Waals surface area contributed by atoms with E-state index in [1.165, 1.54) is 12.1 Å². The van der Waals surface area contributed by atoms with Crippen LogP contribution in [0.15, 0.2) is 47.4 Å². The van der Waals surface area contributed by atoms with Gasteiger partial charge < -0.3 is 5.43 Å². The zero-order valence-electron chi connectivity index (χ0n) is 12.1. The predicted molar refractivity (Wildman–Crippen MR) is 85.6 cm³/mol. The smallest absolute Gasteiger partial charge is 0.261 e. The van der Waals surface area contributed by atoms with E-state index in [2.05, 4.69) is 10.1 Å². The number of rotatable bonds is 5. The lowest BCUT2D eigenvalue weighted by Gasteiger charge is -2.14. The minimum atomic E-state index is -3.61. The Morgan fingerprint density at radius 2 is 1.76 bits per heavy atom. The number of hydrogen-bond donors (Lipinski definition) is 3. The van der Waals surface area contributed by atoms with E-state index in [-0.39, 0.29) is 4.90 Å². The van der Waals surface area contributed by atoms with Crippen LogP contribution in [0.2, 0.25) is 0 Å². The molecule has 6 heteroatoms. The maximum Gasteiger partial charge on any atom is 0.261 e. The number of nitrogens with two attached hydrogens (primary N) is 1. The van der Waals surface area contributed by atoms with Crippen LogP contribution < -0.4 is 16.0 Å². The van der Waals surface area contributed by atoms with Gasteiger partial charge in [-0.25, -0.2) is 8.42 Å². The second-order valence-corrected chi connectivity index (χ2v) is 6.42. The van der Waals surface area contributed by atoms with Gasteiger partial charge in [0.05, 0.1) is 10.6 Å². The van der Waals surface area contributed by atoms with E-state index in [0.717, 1.165) is 17.5 Å². The molecule has 2 aromatic carbocycles. The fourth-order valence-electron chi connectivity index (χ4n) is 2.09. The SMILES string of the molecule is CCc1cccc(C)c1NS(=O)(=O)c1ccc(NN)cc1. The summed E-state index contributed by atoms with van der Waals surface area (Å²) in [5, 5.41) is 0. The summed E-state index contributed by atoms with van der Waals surface area (Å²) < 4.78 is 27.6. The Labute approximate surface area is 125 Å². The number of aryl methyl sites for hydroxylation is 2. The van der Waals surface area contributed by atoms with E-state index < -0.39 is 10.0 Å². The Morgan fingerprint density at radius 3 is 2.33 bits per heavy atom.